The van der Waals surface area contributed by atoms with Crippen LogP contribution in [0.5, 0.6) is 0 Å². The van der Waals surface area contributed by atoms with Gasteiger partial charge in [-0.1, -0.05) is 36.4 Å². The molecule has 0 spiro atoms. The van der Waals surface area contributed by atoms with Crippen LogP contribution in [0, 0.1) is 0 Å². The maximum Gasteiger partial charge on any atom is 0.253 e. The predicted octanol–water partition coefficient (Wildman–Crippen LogP) is 3.09. The Kier molecular flexibility index (Phi) is 11.6. The number of hydrogen-bond acceptors (Lipinski definition) is 4. The lowest BCUT2D eigenvalue weighted by Gasteiger charge is -2.27. The molecule has 0 aromatic heterocycles. The number of aliphatic imine (C=N–C) groups is 1. The number of nitrogens with one attached hydrogen (secondary N) is 2. The molecule has 0 atom stereocenters. The molecule has 2 N–H and O–H groups in total. The molecule has 0 bridgehead atoms. The molecule has 1 heterocycles. The smallest absolute Gasteiger partial charge is 0.253 e. The second-order valence-corrected chi connectivity index (χ2v) is 8.10. The second kappa shape index (κ2) is 14.2. The van der Waals surface area contributed by atoms with Gasteiger partial charge in [0, 0.05) is 52.4 Å². The summed E-state index contributed by atoms with van der Waals surface area (Å²) in [6.45, 7) is 8.61. The Morgan fingerprint density at radius 1 is 1.03 bits per heavy atom. The summed E-state index contributed by atoms with van der Waals surface area (Å²) in [6, 6.07) is 16.2. The van der Waals surface area contributed by atoms with E-state index in [1.807, 2.05) is 24.3 Å². The highest BCUT2D eigenvalue weighted by molar-refractivity contribution is 14.0. The van der Waals surface area contributed by atoms with E-state index in [1.165, 1.54) is 11.1 Å². The topological polar surface area (TPSA) is 69.2 Å². The summed E-state index contributed by atoms with van der Waals surface area (Å²) in [4.78, 5) is 20.8. The van der Waals surface area contributed by atoms with Gasteiger partial charge in [-0.05, 0) is 35.7 Å². The molecule has 0 aliphatic carbocycles. The van der Waals surface area contributed by atoms with Crippen LogP contribution in [0.1, 0.15) is 34.0 Å². The van der Waals surface area contributed by atoms with Gasteiger partial charge in [0.1, 0.15) is 0 Å². The van der Waals surface area contributed by atoms with Crippen LogP contribution in [0.3, 0.4) is 0 Å². The monoisotopic (exact) mass is 565 g/mol. The van der Waals surface area contributed by atoms with Gasteiger partial charge in [-0.15, -0.1) is 24.0 Å². The molecular weight excluding hydrogens is 529 g/mol. The number of halogens is 1. The molecule has 1 fully saturated rings. The summed E-state index contributed by atoms with van der Waals surface area (Å²) < 4.78 is 5.47. The van der Waals surface area contributed by atoms with Crippen LogP contribution in [0.15, 0.2) is 53.5 Å². The molecular formula is C25H36IN5O2. The second-order valence-electron chi connectivity index (χ2n) is 8.10. The first kappa shape index (κ1) is 27.1. The van der Waals surface area contributed by atoms with E-state index in [0.29, 0.717) is 18.7 Å². The fraction of sp³-hybridized carbons (Fsp3) is 0.440. The van der Waals surface area contributed by atoms with Crippen molar-refractivity contribution in [3.05, 3.63) is 70.8 Å². The fourth-order valence-electron chi connectivity index (χ4n) is 3.59. The third-order valence-corrected chi connectivity index (χ3v) is 5.43. The van der Waals surface area contributed by atoms with Gasteiger partial charge in [-0.2, -0.15) is 0 Å². The zero-order chi connectivity index (χ0) is 22.8. The lowest BCUT2D eigenvalue weighted by Crippen LogP contribution is -2.38. The Balaban J connectivity index is 0.00000385. The summed E-state index contributed by atoms with van der Waals surface area (Å²) in [5.41, 5.74) is 4.35. The molecule has 3 rings (SSSR count). The largest absolute Gasteiger partial charge is 0.379 e. The molecule has 2 aromatic carbocycles. The van der Waals surface area contributed by atoms with E-state index in [0.717, 1.165) is 50.9 Å². The molecule has 2 aromatic rings. The Bertz CT molecular complexity index is 896. The van der Waals surface area contributed by atoms with E-state index in [4.69, 9.17) is 9.73 Å². The van der Waals surface area contributed by atoms with Crippen molar-refractivity contribution in [2.75, 3.05) is 46.9 Å². The Hall–Kier alpha value is -2.17. The van der Waals surface area contributed by atoms with Gasteiger partial charge >= 0.3 is 0 Å². The molecule has 1 amide bonds. The Morgan fingerprint density at radius 3 is 2.33 bits per heavy atom. The van der Waals surface area contributed by atoms with Gasteiger partial charge in [0.05, 0.1) is 19.8 Å². The normalized spacial score (nSPS) is 14.3. The third-order valence-electron chi connectivity index (χ3n) is 5.43. The van der Waals surface area contributed by atoms with Crippen molar-refractivity contribution in [3.63, 3.8) is 0 Å². The van der Waals surface area contributed by atoms with E-state index >= 15 is 0 Å². The lowest BCUT2D eigenvalue weighted by atomic mass is 10.1. The molecule has 7 nitrogen and oxygen atoms in total. The molecule has 1 saturated heterocycles. The van der Waals surface area contributed by atoms with Crippen molar-refractivity contribution >= 4 is 35.8 Å². The average molecular weight is 566 g/mol. The molecule has 0 unspecified atom stereocenters. The highest BCUT2D eigenvalue weighted by atomic mass is 127. The average Bonchev–Trinajstić information content (AvgIpc) is 2.82. The van der Waals surface area contributed by atoms with Gasteiger partial charge < -0.3 is 20.3 Å². The molecule has 0 radical (unpaired) electrons. The number of amides is 1. The van der Waals surface area contributed by atoms with Crippen molar-refractivity contribution in [2.45, 2.75) is 26.6 Å². The minimum atomic E-state index is 0. The van der Waals surface area contributed by atoms with Crippen molar-refractivity contribution in [1.82, 2.24) is 20.4 Å². The summed E-state index contributed by atoms with van der Waals surface area (Å²) in [5, 5.41) is 6.78. The highest BCUT2D eigenvalue weighted by Crippen LogP contribution is 2.13. The molecule has 180 valence electrons. The Morgan fingerprint density at radius 2 is 1.70 bits per heavy atom. The van der Waals surface area contributed by atoms with Crippen LogP contribution in [0.4, 0.5) is 0 Å². The minimum Gasteiger partial charge on any atom is -0.379 e. The Labute approximate surface area is 214 Å². The summed E-state index contributed by atoms with van der Waals surface area (Å²) in [6.07, 6.45) is 0. The van der Waals surface area contributed by atoms with Crippen LogP contribution in [0.25, 0.3) is 0 Å². The van der Waals surface area contributed by atoms with Crippen molar-refractivity contribution in [2.24, 2.45) is 4.99 Å². The summed E-state index contributed by atoms with van der Waals surface area (Å²) in [5.74, 6) is 0.785. The number of morpholine rings is 1. The minimum absolute atomic E-state index is 0. The lowest BCUT2D eigenvalue weighted by molar-refractivity contribution is 0.0341. The quantitative estimate of drug-likeness (QED) is 0.293. The van der Waals surface area contributed by atoms with Gasteiger partial charge in [0.2, 0.25) is 0 Å². The van der Waals surface area contributed by atoms with Crippen LogP contribution < -0.4 is 10.6 Å². The van der Waals surface area contributed by atoms with Gasteiger partial charge in [-0.25, -0.2) is 4.99 Å². The number of benzene rings is 2. The SMILES string of the molecule is CCNC(=NCc1ccc(C(=O)N(C)C)cc1)NCc1ccccc1CN1CCOCC1.I. The number of hydrogen-bond donors (Lipinski definition) is 2. The number of guanidine groups is 1. The predicted molar refractivity (Wildman–Crippen MR) is 144 cm³/mol. The van der Waals surface area contributed by atoms with Crippen molar-refractivity contribution in [1.29, 1.82) is 0 Å². The van der Waals surface area contributed by atoms with Crippen LogP contribution in [0.2, 0.25) is 0 Å². The molecule has 0 saturated carbocycles. The van der Waals surface area contributed by atoms with Crippen LogP contribution in [-0.2, 0) is 24.4 Å². The standard InChI is InChI=1S/C25H35N5O2.HI/c1-4-26-25(27-17-20-9-11-21(12-10-20)24(31)29(2)3)28-18-22-7-5-6-8-23(22)19-30-13-15-32-16-14-30;/h5-12H,4,13-19H2,1-3H3,(H2,26,27,28);1H. The summed E-state index contributed by atoms with van der Waals surface area (Å²) >= 11 is 0. The maximum absolute atomic E-state index is 12.0. The van der Waals surface area contributed by atoms with E-state index in [-0.39, 0.29) is 29.9 Å². The molecule has 8 heteroatoms. The molecule has 1 aliphatic rings. The van der Waals surface area contributed by atoms with Gasteiger partial charge in [0.25, 0.3) is 5.91 Å². The van der Waals surface area contributed by atoms with E-state index in [9.17, 15) is 4.79 Å². The zero-order valence-electron chi connectivity index (χ0n) is 19.8. The van der Waals surface area contributed by atoms with Gasteiger partial charge in [-0.3, -0.25) is 9.69 Å². The first-order chi connectivity index (χ1) is 15.6. The number of carbonyl (C=O) groups is 1. The van der Waals surface area contributed by atoms with Crippen LogP contribution in [-0.4, -0.2) is 68.6 Å². The fourth-order valence-corrected chi connectivity index (χ4v) is 3.59. The van der Waals surface area contributed by atoms with Gasteiger partial charge in [0.15, 0.2) is 5.96 Å². The first-order valence-electron chi connectivity index (χ1n) is 11.3. The van der Waals surface area contributed by atoms with Crippen molar-refractivity contribution in [3.8, 4) is 0 Å². The number of nitrogens with zero attached hydrogens (tertiary/aromatic N) is 3. The number of ether oxygens (including phenoxy) is 1. The van der Waals surface area contributed by atoms with E-state index in [2.05, 4.69) is 46.7 Å². The van der Waals surface area contributed by atoms with E-state index in [1.54, 1.807) is 19.0 Å². The zero-order valence-corrected chi connectivity index (χ0v) is 22.2. The maximum atomic E-state index is 12.0. The highest BCUT2D eigenvalue weighted by Gasteiger charge is 2.13. The molecule has 33 heavy (non-hydrogen) atoms. The first-order valence-corrected chi connectivity index (χ1v) is 11.3. The van der Waals surface area contributed by atoms with Crippen molar-refractivity contribution < 1.29 is 9.53 Å². The van der Waals surface area contributed by atoms with E-state index < -0.39 is 0 Å². The van der Waals surface area contributed by atoms with Crippen LogP contribution >= 0.6 is 24.0 Å². The number of rotatable bonds is 8. The summed E-state index contributed by atoms with van der Waals surface area (Å²) in [7, 11) is 3.52. The number of carbonyl (C=O) groups excluding carboxylic acids is 1. The third kappa shape index (κ3) is 8.60. The molecule has 1 aliphatic heterocycles.